The highest BCUT2D eigenvalue weighted by Gasteiger charge is 2.16. The second-order valence-electron chi connectivity index (χ2n) is 6.65. The molecule has 4 nitrogen and oxygen atoms in total. The zero-order valence-electron chi connectivity index (χ0n) is 14.5. The first kappa shape index (κ1) is 17.6. The van der Waals surface area contributed by atoms with Gasteiger partial charge in [0.1, 0.15) is 6.04 Å². The van der Waals surface area contributed by atoms with Crippen LogP contribution in [0.2, 0.25) is 0 Å². The summed E-state index contributed by atoms with van der Waals surface area (Å²) >= 11 is 0. The maximum Gasteiger partial charge on any atom is 0.245 e. The zero-order chi connectivity index (χ0) is 17.5. The molecule has 1 fully saturated rings. The maximum absolute atomic E-state index is 12.4. The van der Waals surface area contributed by atoms with E-state index in [4.69, 9.17) is 10.5 Å². The molecule has 4 heteroatoms. The highest BCUT2D eigenvalue weighted by atomic mass is 16.5. The van der Waals surface area contributed by atoms with Crippen molar-refractivity contribution in [2.45, 2.75) is 50.9 Å². The van der Waals surface area contributed by atoms with Gasteiger partial charge >= 0.3 is 0 Å². The molecule has 0 spiro atoms. The third-order valence-electron chi connectivity index (χ3n) is 4.67. The molecular weight excluding hydrogens is 312 g/mol. The summed E-state index contributed by atoms with van der Waals surface area (Å²) in [5, 5.41) is 2.90. The van der Waals surface area contributed by atoms with Crippen LogP contribution >= 0.6 is 0 Å². The number of amides is 1. The third-order valence-corrected chi connectivity index (χ3v) is 4.67. The molecule has 1 atom stereocenters. The van der Waals surface area contributed by atoms with Gasteiger partial charge in [-0.25, -0.2) is 0 Å². The van der Waals surface area contributed by atoms with Crippen molar-refractivity contribution in [1.82, 2.24) is 0 Å². The highest BCUT2D eigenvalue weighted by Crippen LogP contribution is 2.22. The first-order valence-electron chi connectivity index (χ1n) is 9.04. The molecule has 1 aliphatic carbocycles. The van der Waals surface area contributed by atoms with Crippen LogP contribution in [-0.4, -0.2) is 12.0 Å². The predicted octanol–water partition coefficient (Wildman–Crippen LogP) is 4.17. The Morgan fingerprint density at radius 1 is 1.08 bits per heavy atom. The maximum atomic E-state index is 12.4. The summed E-state index contributed by atoms with van der Waals surface area (Å²) in [5.41, 5.74) is 8.66. The molecule has 0 saturated heterocycles. The second-order valence-corrected chi connectivity index (χ2v) is 6.65. The van der Waals surface area contributed by atoms with Crippen molar-refractivity contribution in [3.05, 3.63) is 65.7 Å². The molecule has 0 aliphatic heterocycles. The van der Waals surface area contributed by atoms with Crippen LogP contribution in [0.5, 0.6) is 0 Å². The Morgan fingerprint density at radius 2 is 1.84 bits per heavy atom. The first-order chi connectivity index (χ1) is 12.2. The van der Waals surface area contributed by atoms with E-state index < -0.39 is 6.04 Å². The van der Waals surface area contributed by atoms with E-state index in [1.165, 1.54) is 19.3 Å². The molecule has 132 valence electrons. The van der Waals surface area contributed by atoms with Crippen molar-refractivity contribution in [1.29, 1.82) is 0 Å². The average Bonchev–Trinajstić information content (AvgIpc) is 2.67. The predicted molar refractivity (Wildman–Crippen MR) is 100 cm³/mol. The van der Waals surface area contributed by atoms with Crippen LogP contribution in [0.4, 0.5) is 5.69 Å². The van der Waals surface area contributed by atoms with E-state index in [-0.39, 0.29) is 5.91 Å². The number of hydrogen-bond donors (Lipinski definition) is 2. The quantitative estimate of drug-likeness (QED) is 0.830. The van der Waals surface area contributed by atoms with Crippen LogP contribution in [0.1, 0.15) is 49.3 Å². The Bertz CT molecular complexity index is 681. The largest absolute Gasteiger partial charge is 0.374 e. The van der Waals surface area contributed by atoms with Crippen LogP contribution in [0.15, 0.2) is 54.6 Å². The lowest BCUT2D eigenvalue weighted by Crippen LogP contribution is -2.27. The lowest BCUT2D eigenvalue weighted by molar-refractivity contribution is -0.117. The standard InChI is InChI=1S/C21H26N2O2/c22-20(17-9-3-1-4-10-17)21(24)23-18-11-7-8-16(14-18)15-25-19-12-5-2-6-13-19/h1,3-4,7-11,14,19-20H,2,5-6,12-13,15,22H2,(H,23,24). The van der Waals surface area contributed by atoms with E-state index in [0.717, 1.165) is 29.7 Å². The fourth-order valence-corrected chi connectivity index (χ4v) is 3.22. The van der Waals surface area contributed by atoms with Crippen molar-refractivity contribution in [3.63, 3.8) is 0 Å². The van der Waals surface area contributed by atoms with Crippen molar-refractivity contribution in [2.24, 2.45) is 5.73 Å². The van der Waals surface area contributed by atoms with Crippen LogP contribution in [0, 0.1) is 0 Å². The van der Waals surface area contributed by atoms with Gasteiger partial charge in [-0.1, -0.05) is 61.7 Å². The van der Waals surface area contributed by atoms with Gasteiger partial charge in [0.2, 0.25) is 5.91 Å². The Kier molecular flexibility index (Phi) is 6.20. The lowest BCUT2D eigenvalue weighted by atomic mass is 9.98. The molecule has 0 aromatic heterocycles. The van der Waals surface area contributed by atoms with E-state index in [1.807, 2.05) is 54.6 Å². The van der Waals surface area contributed by atoms with E-state index >= 15 is 0 Å². The SMILES string of the molecule is NC(C(=O)Nc1cccc(COC2CCCCC2)c1)c1ccccc1. The first-order valence-corrected chi connectivity index (χ1v) is 9.04. The molecule has 1 aliphatic rings. The molecule has 0 heterocycles. The van der Waals surface area contributed by atoms with Gasteiger partial charge in [-0.2, -0.15) is 0 Å². The lowest BCUT2D eigenvalue weighted by Gasteiger charge is -2.22. The average molecular weight is 338 g/mol. The summed E-state index contributed by atoms with van der Waals surface area (Å²) < 4.78 is 6.01. The van der Waals surface area contributed by atoms with Crippen molar-refractivity contribution < 1.29 is 9.53 Å². The van der Waals surface area contributed by atoms with Gasteiger partial charge in [-0.15, -0.1) is 0 Å². The molecule has 3 rings (SSSR count). The molecule has 25 heavy (non-hydrogen) atoms. The Hall–Kier alpha value is -2.17. The van der Waals surface area contributed by atoms with Crippen molar-refractivity contribution in [2.75, 3.05) is 5.32 Å². The number of benzene rings is 2. The van der Waals surface area contributed by atoms with Gasteiger partial charge in [-0.05, 0) is 36.1 Å². The minimum atomic E-state index is -0.677. The van der Waals surface area contributed by atoms with Crippen LogP contribution < -0.4 is 11.1 Å². The molecule has 0 radical (unpaired) electrons. The van der Waals surface area contributed by atoms with Gasteiger partial charge in [-0.3, -0.25) is 4.79 Å². The van der Waals surface area contributed by atoms with Gasteiger partial charge in [0.15, 0.2) is 0 Å². The van der Waals surface area contributed by atoms with E-state index in [1.54, 1.807) is 0 Å². The number of hydrogen-bond acceptors (Lipinski definition) is 3. The molecular formula is C21H26N2O2. The number of carbonyl (C=O) groups excluding carboxylic acids is 1. The van der Waals surface area contributed by atoms with Gasteiger partial charge in [0, 0.05) is 5.69 Å². The molecule has 2 aromatic carbocycles. The topological polar surface area (TPSA) is 64.4 Å². The summed E-state index contributed by atoms with van der Waals surface area (Å²) in [7, 11) is 0. The fourth-order valence-electron chi connectivity index (χ4n) is 3.22. The molecule has 1 amide bonds. The Balaban J connectivity index is 1.56. The number of ether oxygens (including phenoxy) is 1. The summed E-state index contributed by atoms with van der Waals surface area (Å²) in [5.74, 6) is -0.212. The monoisotopic (exact) mass is 338 g/mol. The van der Waals surface area contributed by atoms with Crippen LogP contribution in [-0.2, 0) is 16.1 Å². The summed E-state index contributed by atoms with van der Waals surface area (Å²) in [6.45, 7) is 0.582. The van der Waals surface area contributed by atoms with Gasteiger partial charge in [0.05, 0.1) is 12.7 Å². The van der Waals surface area contributed by atoms with Crippen molar-refractivity contribution >= 4 is 11.6 Å². The van der Waals surface area contributed by atoms with Crippen molar-refractivity contribution in [3.8, 4) is 0 Å². The third kappa shape index (κ3) is 5.15. The van der Waals surface area contributed by atoms with Crippen LogP contribution in [0.3, 0.4) is 0 Å². The number of nitrogens with one attached hydrogen (secondary N) is 1. The van der Waals surface area contributed by atoms with E-state index in [2.05, 4.69) is 5.32 Å². The number of rotatable bonds is 6. The van der Waals surface area contributed by atoms with Gasteiger partial charge < -0.3 is 15.8 Å². The molecule has 0 bridgehead atoms. The Labute approximate surface area is 149 Å². The minimum Gasteiger partial charge on any atom is -0.374 e. The summed E-state index contributed by atoms with van der Waals surface area (Å²) in [6, 6.07) is 16.5. The fraction of sp³-hybridized carbons (Fsp3) is 0.381. The van der Waals surface area contributed by atoms with Crippen LogP contribution in [0.25, 0.3) is 0 Å². The normalized spacial score (nSPS) is 16.4. The smallest absolute Gasteiger partial charge is 0.245 e. The molecule has 2 aromatic rings. The highest BCUT2D eigenvalue weighted by molar-refractivity contribution is 5.95. The number of carbonyl (C=O) groups is 1. The van der Waals surface area contributed by atoms with E-state index in [0.29, 0.717) is 12.7 Å². The summed E-state index contributed by atoms with van der Waals surface area (Å²) in [6.07, 6.45) is 6.53. The molecule has 1 saturated carbocycles. The number of anilines is 1. The summed E-state index contributed by atoms with van der Waals surface area (Å²) in [4.78, 5) is 12.4. The Morgan fingerprint density at radius 3 is 2.60 bits per heavy atom. The van der Waals surface area contributed by atoms with E-state index in [9.17, 15) is 4.79 Å². The minimum absolute atomic E-state index is 0.212. The zero-order valence-corrected chi connectivity index (χ0v) is 14.5. The van der Waals surface area contributed by atoms with Gasteiger partial charge in [0.25, 0.3) is 0 Å². The molecule has 1 unspecified atom stereocenters. The number of nitrogens with two attached hydrogens (primary N) is 1. The molecule has 3 N–H and O–H groups in total. The second kappa shape index (κ2) is 8.79.